The van der Waals surface area contributed by atoms with Crippen molar-refractivity contribution in [2.75, 3.05) is 6.26 Å². The van der Waals surface area contributed by atoms with Crippen LogP contribution >= 0.6 is 11.8 Å². The highest BCUT2D eigenvalue weighted by atomic mass is 32.2. The fourth-order valence-electron chi connectivity index (χ4n) is 0.549. The largest absolute Gasteiger partial charge is 0.462 e. The smallest absolute Gasteiger partial charge is 0.302 e. The van der Waals surface area contributed by atoms with Gasteiger partial charge < -0.3 is 4.74 Å². The lowest BCUT2D eigenvalue weighted by atomic mass is 10.3. The Balaban J connectivity index is 3.61. The van der Waals surface area contributed by atoms with Crippen LogP contribution in [0.25, 0.3) is 0 Å². The molecule has 0 rings (SSSR count). The minimum Gasteiger partial charge on any atom is -0.462 e. The van der Waals surface area contributed by atoms with Gasteiger partial charge in [0, 0.05) is 12.2 Å². The van der Waals surface area contributed by atoms with Gasteiger partial charge in [0.2, 0.25) is 0 Å². The molecule has 0 aromatic rings. The fraction of sp³-hybridized carbons (Fsp3) is 0.857. The molecule has 0 bridgehead atoms. The van der Waals surface area contributed by atoms with Gasteiger partial charge in [-0.3, -0.25) is 4.79 Å². The van der Waals surface area contributed by atoms with Crippen molar-refractivity contribution in [2.24, 2.45) is 0 Å². The third-order valence-electron chi connectivity index (χ3n) is 1.38. The predicted octanol–water partition coefficient (Wildman–Crippen LogP) is 1.69. The molecule has 2 nitrogen and oxygen atoms in total. The van der Waals surface area contributed by atoms with Gasteiger partial charge in [0.25, 0.3) is 0 Å². The lowest BCUT2D eigenvalue weighted by Crippen LogP contribution is -2.22. The van der Waals surface area contributed by atoms with Crippen LogP contribution < -0.4 is 0 Å². The van der Waals surface area contributed by atoms with Gasteiger partial charge in [0.05, 0.1) is 0 Å². The molecule has 10 heavy (non-hydrogen) atoms. The third kappa shape index (κ3) is 3.77. The summed E-state index contributed by atoms with van der Waals surface area (Å²) in [5.41, 5.74) is 0. The summed E-state index contributed by atoms with van der Waals surface area (Å²) in [6.07, 6.45) is 2.03. The van der Waals surface area contributed by atoms with Gasteiger partial charge >= 0.3 is 5.97 Å². The topological polar surface area (TPSA) is 26.3 Å². The second-order valence-corrected chi connectivity index (χ2v) is 3.47. The summed E-state index contributed by atoms with van der Waals surface area (Å²) < 4.78 is 4.94. The molecule has 0 N–H and O–H groups in total. The van der Waals surface area contributed by atoms with Gasteiger partial charge in [-0.2, -0.15) is 11.8 Å². The second kappa shape index (κ2) is 4.61. The van der Waals surface area contributed by atoms with Gasteiger partial charge in [0.1, 0.15) is 6.10 Å². The summed E-state index contributed by atoms with van der Waals surface area (Å²) in [7, 11) is 0. The zero-order valence-corrected chi connectivity index (χ0v) is 7.70. The fourth-order valence-corrected chi connectivity index (χ4v) is 0.988. The quantitative estimate of drug-likeness (QED) is 0.591. The first-order valence-corrected chi connectivity index (χ1v) is 4.56. The van der Waals surface area contributed by atoms with Gasteiger partial charge in [-0.15, -0.1) is 0 Å². The van der Waals surface area contributed by atoms with Gasteiger partial charge in [0.15, 0.2) is 0 Å². The van der Waals surface area contributed by atoms with Crippen molar-refractivity contribution < 1.29 is 9.53 Å². The number of esters is 1. The van der Waals surface area contributed by atoms with Crippen molar-refractivity contribution in [3.8, 4) is 0 Å². The summed E-state index contributed by atoms with van der Waals surface area (Å²) in [6.45, 7) is 5.38. The van der Waals surface area contributed by atoms with Crippen LogP contribution in [0.4, 0.5) is 0 Å². The molecule has 0 heterocycles. The SMILES string of the molecule is CSC(C)C(C)OC(C)=O. The number of ether oxygens (including phenoxy) is 1. The van der Waals surface area contributed by atoms with Crippen molar-refractivity contribution >= 4 is 17.7 Å². The summed E-state index contributed by atoms with van der Waals surface area (Å²) in [4.78, 5) is 10.4. The number of hydrogen-bond acceptors (Lipinski definition) is 3. The van der Waals surface area contributed by atoms with E-state index in [-0.39, 0.29) is 12.1 Å². The molecule has 0 saturated heterocycles. The zero-order chi connectivity index (χ0) is 8.15. The molecule has 2 unspecified atom stereocenters. The predicted molar refractivity (Wildman–Crippen MR) is 44.2 cm³/mol. The Hall–Kier alpha value is -0.180. The maximum atomic E-state index is 10.4. The Morgan fingerprint density at radius 2 is 2.00 bits per heavy atom. The van der Waals surface area contributed by atoms with Gasteiger partial charge in [-0.25, -0.2) is 0 Å². The zero-order valence-electron chi connectivity index (χ0n) is 6.88. The molecular formula is C7H14O2S. The van der Waals surface area contributed by atoms with E-state index in [4.69, 9.17) is 4.74 Å². The van der Waals surface area contributed by atoms with Crippen molar-refractivity contribution in [3.63, 3.8) is 0 Å². The van der Waals surface area contributed by atoms with Crippen LogP contribution in [0, 0.1) is 0 Å². The molecular weight excluding hydrogens is 148 g/mol. The van der Waals surface area contributed by atoms with Crippen LogP contribution in [0.5, 0.6) is 0 Å². The maximum Gasteiger partial charge on any atom is 0.302 e. The molecule has 0 fully saturated rings. The monoisotopic (exact) mass is 162 g/mol. The van der Waals surface area contributed by atoms with Gasteiger partial charge in [-0.05, 0) is 20.1 Å². The summed E-state index contributed by atoms with van der Waals surface area (Å²) >= 11 is 1.70. The van der Waals surface area contributed by atoms with E-state index >= 15 is 0 Å². The molecule has 0 aliphatic rings. The Morgan fingerprint density at radius 3 is 2.30 bits per heavy atom. The number of rotatable bonds is 3. The first-order valence-electron chi connectivity index (χ1n) is 3.28. The first kappa shape index (κ1) is 9.82. The molecule has 3 heteroatoms. The Kier molecular flexibility index (Phi) is 4.52. The van der Waals surface area contributed by atoms with Crippen LogP contribution in [-0.2, 0) is 9.53 Å². The first-order chi connectivity index (χ1) is 4.57. The maximum absolute atomic E-state index is 10.4. The minimum absolute atomic E-state index is 0.0208. The number of carbonyl (C=O) groups is 1. The normalized spacial score (nSPS) is 16.0. The van der Waals surface area contributed by atoms with E-state index in [1.54, 1.807) is 11.8 Å². The lowest BCUT2D eigenvalue weighted by Gasteiger charge is -2.16. The van der Waals surface area contributed by atoms with Crippen LogP contribution in [0.2, 0.25) is 0 Å². The summed E-state index contributed by atoms with van der Waals surface area (Å²) in [6, 6.07) is 0. The molecule has 2 atom stereocenters. The molecule has 0 amide bonds. The second-order valence-electron chi connectivity index (χ2n) is 2.26. The van der Waals surface area contributed by atoms with Crippen LogP contribution in [0.1, 0.15) is 20.8 Å². The third-order valence-corrected chi connectivity index (χ3v) is 2.51. The molecule has 0 aromatic heterocycles. The van der Waals surface area contributed by atoms with Crippen LogP contribution in [-0.4, -0.2) is 23.6 Å². The van der Waals surface area contributed by atoms with E-state index in [1.807, 2.05) is 20.1 Å². The van der Waals surface area contributed by atoms with Crippen LogP contribution in [0.3, 0.4) is 0 Å². The van der Waals surface area contributed by atoms with E-state index in [9.17, 15) is 4.79 Å². The standard InChI is InChI=1S/C7H14O2S/c1-5(6(2)10-4)9-7(3)8/h5-6H,1-4H3. The van der Waals surface area contributed by atoms with E-state index in [1.165, 1.54) is 6.92 Å². The van der Waals surface area contributed by atoms with Crippen molar-refractivity contribution in [1.82, 2.24) is 0 Å². The van der Waals surface area contributed by atoms with E-state index in [0.29, 0.717) is 5.25 Å². The van der Waals surface area contributed by atoms with E-state index < -0.39 is 0 Å². The Labute approximate surface area is 66.3 Å². The molecule has 0 saturated carbocycles. The van der Waals surface area contributed by atoms with Crippen LogP contribution in [0.15, 0.2) is 0 Å². The molecule has 0 spiro atoms. The minimum atomic E-state index is -0.201. The van der Waals surface area contributed by atoms with Crippen molar-refractivity contribution in [3.05, 3.63) is 0 Å². The van der Waals surface area contributed by atoms with Crippen molar-refractivity contribution in [2.45, 2.75) is 32.1 Å². The number of carbonyl (C=O) groups excluding carboxylic acids is 1. The highest BCUT2D eigenvalue weighted by Gasteiger charge is 2.12. The Bertz CT molecular complexity index is 114. The molecule has 0 aliphatic heterocycles. The molecule has 0 radical (unpaired) electrons. The van der Waals surface area contributed by atoms with Crippen molar-refractivity contribution in [1.29, 1.82) is 0 Å². The average Bonchev–Trinajstić information content (AvgIpc) is 1.85. The molecule has 60 valence electrons. The summed E-state index contributed by atoms with van der Waals surface area (Å²) in [5, 5.41) is 0.379. The molecule has 0 aromatic carbocycles. The lowest BCUT2D eigenvalue weighted by molar-refractivity contribution is -0.145. The number of hydrogen-bond donors (Lipinski definition) is 0. The van der Waals surface area contributed by atoms with Gasteiger partial charge in [-0.1, -0.05) is 0 Å². The Morgan fingerprint density at radius 1 is 1.50 bits per heavy atom. The van der Waals surface area contributed by atoms with E-state index in [2.05, 4.69) is 0 Å². The van der Waals surface area contributed by atoms with E-state index in [0.717, 1.165) is 0 Å². The highest BCUT2D eigenvalue weighted by Crippen LogP contribution is 2.12. The average molecular weight is 162 g/mol. The molecule has 0 aliphatic carbocycles. The number of thioether (sulfide) groups is 1. The summed E-state index contributed by atoms with van der Waals surface area (Å²) in [5.74, 6) is -0.201. The highest BCUT2D eigenvalue weighted by molar-refractivity contribution is 7.99.